The first-order valence-corrected chi connectivity index (χ1v) is 8.58. The van der Waals surface area contributed by atoms with Gasteiger partial charge in [0, 0.05) is 38.8 Å². The molecule has 1 aliphatic carbocycles. The van der Waals surface area contributed by atoms with Gasteiger partial charge in [-0.25, -0.2) is 14.8 Å². The number of anilines is 1. The lowest BCUT2D eigenvalue weighted by Crippen LogP contribution is -2.52. The largest absolute Gasteiger partial charge is 0.468 e. The van der Waals surface area contributed by atoms with Gasteiger partial charge < -0.3 is 19.9 Å². The highest BCUT2D eigenvalue weighted by Crippen LogP contribution is 2.44. The van der Waals surface area contributed by atoms with Crippen LogP contribution in [-0.4, -0.2) is 67.7 Å². The Bertz CT molecular complexity index is 674. The predicted octanol–water partition coefficient (Wildman–Crippen LogP) is 0.705. The van der Waals surface area contributed by atoms with E-state index >= 15 is 0 Å². The molecule has 1 saturated heterocycles. The number of nitrogens with zero attached hydrogens (tertiary/aromatic N) is 4. The second-order valence-corrected chi connectivity index (χ2v) is 6.98. The summed E-state index contributed by atoms with van der Waals surface area (Å²) in [5.74, 6) is 0.252. The zero-order valence-electron chi connectivity index (χ0n) is 15.0. The van der Waals surface area contributed by atoms with Gasteiger partial charge in [0.1, 0.15) is 6.54 Å². The predicted molar refractivity (Wildman–Crippen MR) is 92.6 cm³/mol. The van der Waals surface area contributed by atoms with Gasteiger partial charge in [-0.15, -0.1) is 0 Å². The average Bonchev–Trinajstić information content (AvgIpc) is 2.96. The van der Waals surface area contributed by atoms with Gasteiger partial charge in [0.2, 0.25) is 5.95 Å². The third-order valence-electron chi connectivity index (χ3n) is 5.10. The molecule has 8 heteroatoms. The van der Waals surface area contributed by atoms with Crippen LogP contribution >= 0.6 is 0 Å². The molecule has 25 heavy (non-hydrogen) atoms. The van der Waals surface area contributed by atoms with Gasteiger partial charge in [-0.1, -0.05) is 0 Å². The van der Waals surface area contributed by atoms with E-state index in [1.165, 1.54) is 12.7 Å². The normalized spacial score (nSPS) is 21.8. The van der Waals surface area contributed by atoms with Gasteiger partial charge in [-0.05, 0) is 31.2 Å². The number of nitrogens with one attached hydrogen (secondary N) is 1. The number of ether oxygens (including phenoxy) is 1. The SMILES string of the molecule is COC(=O)CNC(=O)N1CCCC2(CCc3cnc(N(C)C)nc32)C1. The smallest absolute Gasteiger partial charge is 0.325 e. The van der Waals surface area contributed by atoms with E-state index in [9.17, 15) is 9.59 Å². The van der Waals surface area contributed by atoms with Gasteiger partial charge in [0.25, 0.3) is 0 Å². The minimum absolute atomic E-state index is 0.107. The van der Waals surface area contributed by atoms with E-state index in [2.05, 4.69) is 15.0 Å². The van der Waals surface area contributed by atoms with E-state index in [0.717, 1.165) is 31.4 Å². The molecule has 1 unspecified atom stereocenters. The maximum atomic E-state index is 12.4. The molecule has 2 amide bonds. The van der Waals surface area contributed by atoms with Crippen molar-refractivity contribution in [2.24, 2.45) is 0 Å². The van der Waals surface area contributed by atoms with Crippen molar-refractivity contribution in [2.75, 3.05) is 45.7 Å². The molecule has 1 atom stereocenters. The first-order chi connectivity index (χ1) is 11.9. The van der Waals surface area contributed by atoms with Gasteiger partial charge in [0.15, 0.2) is 0 Å². The Morgan fingerprint density at radius 1 is 1.40 bits per heavy atom. The van der Waals surface area contributed by atoms with Crippen LogP contribution in [0, 0.1) is 0 Å². The van der Waals surface area contributed by atoms with E-state index in [0.29, 0.717) is 19.0 Å². The molecular weight excluding hydrogens is 322 g/mol. The topological polar surface area (TPSA) is 87.7 Å². The highest BCUT2D eigenvalue weighted by atomic mass is 16.5. The molecule has 3 rings (SSSR count). The van der Waals surface area contributed by atoms with Crippen LogP contribution in [0.4, 0.5) is 10.7 Å². The van der Waals surface area contributed by atoms with Crippen molar-refractivity contribution in [3.05, 3.63) is 17.5 Å². The number of likely N-dealkylation sites (tertiary alicyclic amines) is 1. The molecule has 0 radical (unpaired) electrons. The number of hydrogen-bond acceptors (Lipinski definition) is 6. The maximum Gasteiger partial charge on any atom is 0.325 e. The Kier molecular flexibility index (Phi) is 4.78. The number of urea groups is 1. The van der Waals surface area contributed by atoms with Crippen LogP contribution in [0.15, 0.2) is 6.20 Å². The fourth-order valence-corrected chi connectivity index (χ4v) is 3.78. The Labute approximate surface area is 147 Å². The molecule has 136 valence electrons. The molecule has 1 aromatic heterocycles. The Balaban J connectivity index is 1.77. The van der Waals surface area contributed by atoms with E-state index < -0.39 is 5.97 Å². The Hall–Kier alpha value is -2.38. The molecule has 0 saturated carbocycles. The summed E-state index contributed by atoms with van der Waals surface area (Å²) in [7, 11) is 5.16. The summed E-state index contributed by atoms with van der Waals surface area (Å²) < 4.78 is 4.57. The van der Waals surface area contributed by atoms with Crippen LogP contribution in [0.3, 0.4) is 0 Å². The third-order valence-corrected chi connectivity index (χ3v) is 5.10. The van der Waals surface area contributed by atoms with E-state index in [4.69, 9.17) is 4.98 Å². The van der Waals surface area contributed by atoms with Crippen molar-refractivity contribution in [3.8, 4) is 0 Å². The minimum atomic E-state index is -0.449. The molecule has 2 aliphatic rings. The molecule has 0 aromatic carbocycles. The lowest BCUT2D eigenvalue weighted by Gasteiger charge is -2.40. The average molecular weight is 347 g/mol. The summed E-state index contributed by atoms with van der Waals surface area (Å²) >= 11 is 0. The van der Waals surface area contributed by atoms with Crippen molar-refractivity contribution < 1.29 is 14.3 Å². The first-order valence-electron chi connectivity index (χ1n) is 8.58. The molecule has 1 aliphatic heterocycles. The quantitative estimate of drug-likeness (QED) is 0.810. The fourth-order valence-electron chi connectivity index (χ4n) is 3.78. The van der Waals surface area contributed by atoms with Crippen molar-refractivity contribution in [3.63, 3.8) is 0 Å². The monoisotopic (exact) mass is 347 g/mol. The fraction of sp³-hybridized carbons (Fsp3) is 0.647. The molecular formula is C17H25N5O3. The van der Waals surface area contributed by atoms with Gasteiger partial charge in [-0.2, -0.15) is 0 Å². The number of carbonyl (C=O) groups excluding carboxylic acids is 2. The molecule has 1 aromatic rings. The van der Waals surface area contributed by atoms with Crippen LogP contribution in [-0.2, 0) is 21.4 Å². The molecule has 2 heterocycles. The molecule has 1 spiro atoms. The van der Waals surface area contributed by atoms with Crippen molar-refractivity contribution in [1.82, 2.24) is 20.2 Å². The van der Waals surface area contributed by atoms with Crippen molar-refractivity contribution in [1.29, 1.82) is 0 Å². The maximum absolute atomic E-state index is 12.4. The second kappa shape index (κ2) is 6.85. The highest BCUT2D eigenvalue weighted by molar-refractivity contribution is 5.81. The molecule has 0 bridgehead atoms. The number of esters is 1. The number of fused-ring (bicyclic) bond motifs is 2. The number of aromatic nitrogens is 2. The van der Waals surface area contributed by atoms with E-state index in [1.54, 1.807) is 4.90 Å². The number of aryl methyl sites for hydroxylation is 1. The summed E-state index contributed by atoms with van der Waals surface area (Å²) in [6, 6.07) is -0.222. The van der Waals surface area contributed by atoms with Crippen LogP contribution in [0.25, 0.3) is 0 Å². The Morgan fingerprint density at radius 3 is 2.92 bits per heavy atom. The minimum Gasteiger partial charge on any atom is -0.468 e. The number of carbonyl (C=O) groups is 2. The van der Waals surface area contributed by atoms with Crippen molar-refractivity contribution in [2.45, 2.75) is 31.1 Å². The molecule has 1 N–H and O–H groups in total. The standard InChI is InChI=1S/C17H25N5O3/c1-21(2)15-18-9-12-5-7-17(14(12)20-15)6-4-8-22(11-17)16(24)19-10-13(23)25-3/h9H,4-8,10-11H2,1-3H3,(H,19,24). The lowest BCUT2D eigenvalue weighted by molar-refractivity contribution is -0.139. The lowest BCUT2D eigenvalue weighted by atomic mass is 9.77. The second-order valence-electron chi connectivity index (χ2n) is 6.98. The summed E-state index contributed by atoms with van der Waals surface area (Å²) in [4.78, 5) is 36.5. The third kappa shape index (κ3) is 3.38. The summed E-state index contributed by atoms with van der Waals surface area (Å²) in [6.07, 6.45) is 5.79. The summed E-state index contributed by atoms with van der Waals surface area (Å²) in [6.45, 7) is 1.20. The number of hydrogen-bond donors (Lipinski definition) is 1. The highest BCUT2D eigenvalue weighted by Gasteiger charge is 2.44. The van der Waals surface area contributed by atoms with Crippen LogP contribution in [0.5, 0.6) is 0 Å². The molecule has 1 fully saturated rings. The van der Waals surface area contributed by atoms with Crippen LogP contribution in [0.2, 0.25) is 0 Å². The number of amides is 2. The van der Waals surface area contributed by atoms with E-state index in [-0.39, 0.29) is 18.0 Å². The van der Waals surface area contributed by atoms with Crippen LogP contribution < -0.4 is 10.2 Å². The number of piperidine rings is 1. The summed E-state index contributed by atoms with van der Waals surface area (Å²) in [5.41, 5.74) is 2.16. The van der Waals surface area contributed by atoms with Crippen molar-refractivity contribution >= 4 is 17.9 Å². The van der Waals surface area contributed by atoms with Crippen LogP contribution in [0.1, 0.15) is 30.5 Å². The zero-order chi connectivity index (χ0) is 18.0. The molecule has 8 nitrogen and oxygen atoms in total. The van der Waals surface area contributed by atoms with Gasteiger partial charge >= 0.3 is 12.0 Å². The van der Waals surface area contributed by atoms with Gasteiger partial charge in [0.05, 0.1) is 12.8 Å². The number of methoxy groups -OCH3 is 1. The first kappa shape index (κ1) is 17.4. The summed E-state index contributed by atoms with van der Waals surface area (Å²) in [5, 5.41) is 2.63. The van der Waals surface area contributed by atoms with Gasteiger partial charge in [-0.3, -0.25) is 4.79 Å². The zero-order valence-corrected chi connectivity index (χ0v) is 15.0. The van der Waals surface area contributed by atoms with E-state index in [1.807, 2.05) is 25.2 Å². The Morgan fingerprint density at radius 2 is 2.20 bits per heavy atom. The number of rotatable bonds is 3.